The van der Waals surface area contributed by atoms with E-state index in [2.05, 4.69) is 0 Å². The summed E-state index contributed by atoms with van der Waals surface area (Å²) >= 11 is 0. The summed E-state index contributed by atoms with van der Waals surface area (Å²) in [5.74, 6) is -1.82. The summed E-state index contributed by atoms with van der Waals surface area (Å²) in [7, 11) is 0. The van der Waals surface area contributed by atoms with Crippen molar-refractivity contribution in [3.8, 4) is 0 Å². The number of hydrogen-bond donors (Lipinski definition) is 0. The molecule has 5 aromatic rings. The molecule has 0 bridgehead atoms. The lowest BCUT2D eigenvalue weighted by atomic mass is 9.97. The van der Waals surface area contributed by atoms with E-state index in [9.17, 15) is 14.4 Å². The quantitative estimate of drug-likeness (QED) is 0.183. The summed E-state index contributed by atoms with van der Waals surface area (Å²) in [5.41, 5.74) is 3.29. The standard InChI is InChI=1S/C30H27N3O7/c1-15-26(38-16(2)34)27(39-17(3)35)28(40-18(4)36)30(37-15)33-24-12-8-7-11-21(24)25-29(33)32-23-14-20-10-6-5-9-19(20)13-22(23)31-25/h5-15,26-28,30H,1-4H3/t15-,26-,27+,28+,30-/m0/s1. The Morgan fingerprint density at radius 1 is 0.750 bits per heavy atom. The van der Waals surface area contributed by atoms with Crippen LogP contribution in [0.4, 0.5) is 0 Å². The molecule has 0 N–H and O–H groups in total. The maximum Gasteiger partial charge on any atom is 0.303 e. The van der Waals surface area contributed by atoms with Gasteiger partial charge in [0.2, 0.25) is 0 Å². The number of benzene rings is 3. The Kier molecular flexibility index (Phi) is 6.34. The van der Waals surface area contributed by atoms with E-state index in [1.807, 2.05) is 65.2 Å². The van der Waals surface area contributed by atoms with Crippen LogP contribution in [0.15, 0.2) is 60.7 Å². The minimum absolute atomic E-state index is 0.505. The normalized spacial score (nSPS) is 22.9. The van der Waals surface area contributed by atoms with E-state index in [0.717, 1.165) is 27.2 Å². The van der Waals surface area contributed by atoms with Gasteiger partial charge in [-0.3, -0.25) is 19.0 Å². The molecule has 40 heavy (non-hydrogen) atoms. The van der Waals surface area contributed by atoms with Crippen LogP contribution in [0.25, 0.3) is 43.9 Å². The van der Waals surface area contributed by atoms with Crippen molar-refractivity contribution in [2.75, 3.05) is 0 Å². The lowest BCUT2D eigenvalue weighted by Gasteiger charge is -2.44. The Labute approximate surface area is 228 Å². The van der Waals surface area contributed by atoms with Crippen LogP contribution in [0.2, 0.25) is 0 Å². The topological polar surface area (TPSA) is 119 Å². The van der Waals surface area contributed by atoms with Gasteiger partial charge in [0.15, 0.2) is 30.2 Å². The summed E-state index contributed by atoms with van der Waals surface area (Å²) in [6.07, 6.45) is -5.00. The summed E-state index contributed by atoms with van der Waals surface area (Å²) in [5, 5.41) is 2.89. The van der Waals surface area contributed by atoms with E-state index in [1.165, 1.54) is 20.8 Å². The molecule has 0 spiro atoms. The summed E-state index contributed by atoms with van der Waals surface area (Å²) < 4.78 is 25.1. The zero-order chi connectivity index (χ0) is 28.1. The fourth-order valence-electron chi connectivity index (χ4n) is 5.53. The first-order valence-corrected chi connectivity index (χ1v) is 13.0. The molecule has 0 amide bonds. The third-order valence-electron chi connectivity index (χ3n) is 7.07. The lowest BCUT2D eigenvalue weighted by Crippen LogP contribution is -2.58. The molecule has 6 rings (SSSR count). The van der Waals surface area contributed by atoms with Gasteiger partial charge >= 0.3 is 17.9 Å². The number of carbonyl (C=O) groups is 3. The largest absolute Gasteiger partial charge is 0.456 e. The zero-order valence-corrected chi connectivity index (χ0v) is 22.4. The van der Waals surface area contributed by atoms with Crippen LogP contribution in [0.3, 0.4) is 0 Å². The van der Waals surface area contributed by atoms with Gasteiger partial charge in [-0.15, -0.1) is 0 Å². The molecule has 0 radical (unpaired) electrons. The van der Waals surface area contributed by atoms with E-state index in [-0.39, 0.29) is 0 Å². The summed E-state index contributed by atoms with van der Waals surface area (Å²) in [4.78, 5) is 46.5. The Hall–Kier alpha value is -4.57. The molecule has 0 unspecified atom stereocenters. The molecule has 0 aliphatic carbocycles. The molecular weight excluding hydrogens is 514 g/mol. The molecule has 1 aliphatic rings. The van der Waals surface area contributed by atoms with E-state index in [0.29, 0.717) is 16.7 Å². The number of nitrogens with zero attached hydrogens (tertiary/aromatic N) is 3. The van der Waals surface area contributed by atoms with Gasteiger partial charge in [0.05, 0.1) is 22.7 Å². The lowest BCUT2D eigenvalue weighted by molar-refractivity contribution is -0.258. The van der Waals surface area contributed by atoms with Gasteiger partial charge in [-0.1, -0.05) is 42.5 Å². The fraction of sp³-hybridized carbons (Fsp3) is 0.300. The van der Waals surface area contributed by atoms with Gasteiger partial charge in [-0.25, -0.2) is 9.97 Å². The van der Waals surface area contributed by atoms with Crippen molar-refractivity contribution in [2.45, 2.75) is 58.3 Å². The highest BCUT2D eigenvalue weighted by molar-refractivity contribution is 6.07. The first-order valence-electron chi connectivity index (χ1n) is 13.0. The Morgan fingerprint density at radius 3 is 1.95 bits per heavy atom. The van der Waals surface area contributed by atoms with Crippen LogP contribution in [0.5, 0.6) is 0 Å². The molecular formula is C30H27N3O7. The van der Waals surface area contributed by atoms with Gasteiger partial charge < -0.3 is 18.9 Å². The van der Waals surface area contributed by atoms with Crippen molar-refractivity contribution < 1.29 is 33.3 Å². The Morgan fingerprint density at radius 2 is 1.30 bits per heavy atom. The van der Waals surface area contributed by atoms with E-state index >= 15 is 0 Å². The van der Waals surface area contributed by atoms with Crippen molar-refractivity contribution in [3.63, 3.8) is 0 Å². The van der Waals surface area contributed by atoms with Gasteiger partial charge in [0.1, 0.15) is 5.52 Å². The van der Waals surface area contributed by atoms with Crippen molar-refractivity contribution in [1.29, 1.82) is 0 Å². The SMILES string of the molecule is CC(=O)O[C@@H]1[C@@H](OC(C)=O)[C@H](C)O[C@H](n2c3ccccc3c3nc4cc5ccccc5cc4nc32)[C@@H]1OC(C)=O. The van der Waals surface area contributed by atoms with Gasteiger partial charge in [-0.2, -0.15) is 0 Å². The third-order valence-corrected chi connectivity index (χ3v) is 7.07. The molecule has 204 valence electrons. The van der Waals surface area contributed by atoms with Crippen molar-refractivity contribution >= 4 is 61.8 Å². The molecule has 5 atom stereocenters. The van der Waals surface area contributed by atoms with E-state index < -0.39 is 48.6 Å². The van der Waals surface area contributed by atoms with Gasteiger partial charge in [0.25, 0.3) is 0 Å². The van der Waals surface area contributed by atoms with Crippen LogP contribution < -0.4 is 0 Å². The molecule has 10 nitrogen and oxygen atoms in total. The number of rotatable bonds is 4. The van der Waals surface area contributed by atoms with Gasteiger partial charge in [0, 0.05) is 26.2 Å². The fourth-order valence-corrected chi connectivity index (χ4v) is 5.53. The Bertz CT molecular complexity index is 1810. The van der Waals surface area contributed by atoms with Crippen LogP contribution in [0, 0.1) is 0 Å². The third kappa shape index (κ3) is 4.40. The van der Waals surface area contributed by atoms with Crippen molar-refractivity contribution in [3.05, 3.63) is 60.7 Å². The second-order valence-electron chi connectivity index (χ2n) is 9.92. The first-order chi connectivity index (χ1) is 19.2. The molecule has 1 fully saturated rings. The van der Waals surface area contributed by atoms with Crippen molar-refractivity contribution in [1.82, 2.24) is 14.5 Å². The highest BCUT2D eigenvalue weighted by Crippen LogP contribution is 2.40. The highest BCUT2D eigenvalue weighted by atomic mass is 16.7. The molecule has 3 heterocycles. The number of fused-ring (bicyclic) bond motifs is 5. The minimum Gasteiger partial charge on any atom is -0.456 e. The first kappa shape index (κ1) is 25.7. The number of hydrogen-bond acceptors (Lipinski definition) is 9. The zero-order valence-electron chi connectivity index (χ0n) is 22.4. The molecule has 10 heteroatoms. The number of ether oxygens (including phenoxy) is 4. The average Bonchev–Trinajstić information content (AvgIpc) is 3.22. The van der Waals surface area contributed by atoms with Crippen LogP contribution in [0.1, 0.15) is 33.9 Å². The van der Waals surface area contributed by atoms with Gasteiger partial charge in [-0.05, 0) is 35.9 Å². The molecule has 1 saturated heterocycles. The number of para-hydroxylation sites is 1. The predicted octanol–water partition coefficient (Wildman–Crippen LogP) is 4.60. The van der Waals surface area contributed by atoms with Crippen molar-refractivity contribution in [2.24, 2.45) is 0 Å². The summed E-state index contributed by atoms with van der Waals surface area (Å²) in [6.45, 7) is 5.46. The number of aromatic nitrogens is 3. The maximum atomic E-state index is 12.3. The highest BCUT2D eigenvalue weighted by Gasteiger charge is 2.51. The average molecular weight is 542 g/mol. The molecule has 0 saturated carbocycles. The second-order valence-corrected chi connectivity index (χ2v) is 9.92. The van der Waals surface area contributed by atoms with E-state index in [4.69, 9.17) is 28.9 Å². The second kappa shape index (κ2) is 9.87. The molecule has 1 aliphatic heterocycles. The van der Waals surface area contributed by atoms with E-state index in [1.54, 1.807) is 6.92 Å². The Balaban J connectivity index is 1.61. The van der Waals surface area contributed by atoms with Crippen LogP contribution in [-0.2, 0) is 33.3 Å². The van der Waals surface area contributed by atoms with Crippen LogP contribution >= 0.6 is 0 Å². The predicted molar refractivity (Wildman–Crippen MR) is 146 cm³/mol. The molecule has 2 aromatic heterocycles. The number of carbonyl (C=O) groups excluding carboxylic acids is 3. The molecule has 3 aromatic carbocycles. The smallest absolute Gasteiger partial charge is 0.303 e. The maximum absolute atomic E-state index is 12.3. The van der Waals surface area contributed by atoms with Crippen LogP contribution in [-0.4, -0.2) is 56.9 Å². The monoisotopic (exact) mass is 541 g/mol. The minimum atomic E-state index is -1.16. The summed E-state index contributed by atoms with van der Waals surface area (Å²) in [6, 6.07) is 19.6. The number of esters is 3.